The maximum atomic E-state index is 4.17. The van der Waals surface area contributed by atoms with Gasteiger partial charge in [-0.1, -0.05) is 6.42 Å². The number of aromatic amines is 1. The first kappa shape index (κ1) is 10.3. The molecular formula is C13H21N3. The molecule has 0 aromatic carbocycles. The number of likely N-dealkylation sites (tertiary alicyclic amines) is 1. The minimum Gasteiger partial charge on any atom is -0.295 e. The summed E-state index contributed by atoms with van der Waals surface area (Å²) in [7, 11) is 0. The van der Waals surface area contributed by atoms with Gasteiger partial charge in [0, 0.05) is 6.54 Å². The van der Waals surface area contributed by atoms with Crippen LogP contribution in [0.4, 0.5) is 0 Å². The molecule has 0 bridgehead atoms. The fourth-order valence-electron chi connectivity index (χ4n) is 2.86. The molecule has 1 saturated carbocycles. The molecule has 1 aromatic heterocycles. The molecule has 88 valence electrons. The van der Waals surface area contributed by atoms with Crippen LogP contribution in [-0.2, 0) is 0 Å². The van der Waals surface area contributed by atoms with E-state index in [0.717, 1.165) is 5.92 Å². The van der Waals surface area contributed by atoms with Gasteiger partial charge in [0.05, 0.1) is 17.9 Å². The van der Waals surface area contributed by atoms with E-state index < -0.39 is 0 Å². The van der Waals surface area contributed by atoms with E-state index in [1.54, 1.807) is 0 Å². The molecule has 0 spiro atoms. The van der Waals surface area contributed by atoms with E-state index in [-0.39, 0.29) is 0 Å². The van der Waals surface area contributed by atoms with Gasteiger partial charge in [0.1, 0.15) is 0 Å². The van der Waals surface area contributed by atoms with E-state index in [1.165, 1.54) is 56.5 Å². The van der Waals surface area contributed by atoms with Crippen molar-refractivity contribution in [2.75, 3.05) is 13.1 Å². The Labute approximate surface area is 97.2 Å². The molecule has 2 aliphatic rings. The predicted octanol–water partition coefficient (Wildman–Crippen LogP) is 2.66. The number of piperidine rings is 1. The number of nitrogens with zero attached hydrogens (tertiary/aromatic N) is 2. The number of hydrogen-bond acceptors (Lipinski definition) is 2. The third-order valence-corrected chi connectivity index (χ3v) is 4.00. The summed E-state index contributed by atoms with van der Waals surface area (Å²) in [6, 6.07) is 0.608. The summed E-state index contributed by atoms with van der Waals surface area (Å²) < 4.78 is 0. The maximum Gasteiger partial charge on any atom is 0.0552 e. The summed E-state index contributed by atoms with van der Waals surface area (Å²) in [6.07, 6.45) is 8.89. The molecule has 16 heavy (non-hydrogen) atoms. The SMILES string of the molecule is Cc1cn[nH]c1[C@H]1CCCCN1CC1CC1. The van der Waals surface area contributed by atoms with Crippen LogP contribution in [0.3, 0.4) is 0 Å². The second kappa shape index (κ2) is 4.21. The molecule has 1 saturated heterocycles. The van der Waals surface area contributed by atoms with Crippen molar-refractivity contribution in [2.24, 2.45) is 5.92 Å². The number of aromatic nitrogens is 2. The second-order valence-corrected chi connectivity index (χ2v) is 5.42. The van der Waals surface area contributed by atoms with E-state index in [9.17, 15) is 0 Å². The van der Waals surface area contributed by atoms with Crippen LogP contribution in [0.5, 0.6) is 0 Å². The lowest BCUT2D eigenvalue weighted by Crippen LogP contribution is -2.35. The van der Waals surface area contributed by atoms with Gasteiger partial charge in [-0.05, 0) is 50.6 Å². The monoisotopic (exact) mass is 219 g/mol. The standard InChI is InChI=1S/C13H21N3/c1-10-8-14-15-13(10)12-4-2-3-7-16(12)9-11-5-6-11/h8,11-12H,2-7,9H2,1H3,(H,14,15)/t12-/m1/s1. The first-order valence-corrected chi connectivity index (χ1v) is 6.58. The minimum absolute atomic E-state index is 0.608. The van der Waals surface area contributed by atoms with Crippen molar-refractivity contribution in [2.45, 2.75) is 45.1 Å². The highest BCUT2D eigenvalue weighted by atomic mass is 15.2. The molecule has 1 atom stereocenters. The zero-order valence-electron chi connectivity index (χ0n) is 10.1. The lowest BCUT2D eigenvalue weighted by molar-refractivity contribution is 0.138. The van der Waals surface area contributed by atoms with Crippen LogP contribution < -0.4 is 0 Å². The molecular weight excluding hydrogens is 198 g/mol. The molecule has 0 radical (unpaired) electrons. The van der Waals surface area contributed by atoms with Gasteiger partial charge < -0.3 is 0 Å². The molecule has 1 N–H and O–H groups in total. The third-order valence-electron chi connectivity index (χ3n) is 4.00. The Kier molecular flexibility index (Phi) is 2.72. The Morgan fingerprint density at radius 2 is 2.25 bits per heavy atom. The van der Waals surface area contributed by atoms with E-state index in [2.05, 4.69) is 22.0 Å². The first-order chi connectivity index (χ1) is 7.84. The topological polar surface area (TPSA) is 31.9 Å². The van der Waals surface area contributed by atoms with Gasteiger partial charge in [0.25, 0.3) is 0 Å². The molecule has 1 aliphatic heterocycles. The Morgan fingerprint density at radius 1 is 1.38 bits per heavy atom. The van der Waals surface area contributed by atoms with Gasteiger partial charge >= 0.3 is 0 Å². The van der Waals surface area contributed by atoms with Crippen LogP contribution >= 0.6 is 0 Å². The van der Waals surface area contributed by atoms with Crippen LogP contribution in [0.1, 0.15) is 49.4 Å². The van der Waals surface area contributed by atoms with Gasteiger partial charge in [-0.3, -0.25) is 10.00 Å². The van der Waals surface area contributed by atoms with Crippen LogP contribution in [0.15, 0.2) is 6.20 Å². The van der Waals surface area contributed by atoms with E-state index in [0.29, 0.717) is 6.04 Å². The van der Waals surface area contributed by atoms with Gasteiger partial charge in [-0.25, -0.2) is 0 Å². The van der Waals surface area contributed by atoms with Crippen LogP contribution in [0.2, 0.25) is 0 Å². The van der Waals surface area contributed by atoms with Crippen molar-refractivity contribution in [1.82, 2.24) is 15.1 Å². The summed E-state index contributed by atoms with van der Waals surface area (Å²) in [5, 5.41) is 7.38. The molecule has 3 heteroatoms. The zero-order chi connectivity index (χ0) is 11.0. The van der Waals surface area contributed by atoms with E-state index in [1.807, 2.05) is 6.20 Å². The number of aryl methyl sites for hydroxylation is 1. The number of rotatable bonds is 3. The average molecular weight is 219 g/mol. The number of hydrogen-bond donors (Lipinski definition) is 1. The number of H-pyrrole nitrogens is 1. The molecule has 0 unspecified atom stereocenters. The molecule has 3 rings (SSSR count). The molecule has 2 fully saturated rings. The van der Waals surface area contributed by atoms with Crippen LogP contribution in [0, 0.1) is 12.8 Å². The lowest BCUT2D eigenvalue weighted by Gasteiger charge is -2.35. The highest BCUT2D eigenvalue weighted by Crippen LogP contribution is 2.36. The van der Waals surface area contributed by atoms with Gasteiger partial charge in [-0.2, -0.15) is 5.10 Å². The largest absolute Gasteiger partial charge is 0.295 e. The predicted molar refractivity (Wildman–Crippen MR) is 64.2 cm³/mol. The van der Waals surface area contributed by atoms with Crippen LogP contribution in [0.25, 0.3) is 0 Å². The van der Waals surface area contributed by atoms with Crippen molar-refractivity contribution in [3.63, 3.8) is 0 Å². The van der Waals surface area contributed by atoms with Crippen molar-refractivity contribution in [1.29, 1.82) is 0 Å². The summed E-state index contributed by atoms with van der Waals surface area (Å²) in [5.41, 5.74) is 2.69. The van der Waals surface area contributed by atoms with Crippen molar-refractivity contribution in [3.05, 3.63) is 17.5 Å². The number of nitrogens with one attached hydrogen (secondary N) is 1. The fourth-order valence-corrected chi connectivity index (χ4v) is 2.86. The van der Waals surface area contributed by atoms with Crippen LogP contribution in [-0.4, -0.2) is 28.2 Å². The third kappa shape index (κ3) is 2.01. The highest BCUT2D eigenvalue weighted by Gasteiger charge is 2.31. The normalized spacial score (nSPS) is 27.2. The van der Waals surface area contributed by atoms with Gasteiger partial charge in [-0.15, -0.1) is 0 Å². The van der Waals surface area contributed by atoms with Crippen molar-refractivity contribution in [3.8, 4) is 0 Å². The van der Waals surface area contributed by atoms with Gasteiger partial charge in [0.15, 0.2) is 0 Å². The smallest absolute Gasteiger partial charge is 0.0552 e. The quantitative estimate of drug-likeness (QED) is 0.847. The summed E-state index contributed by atoms with van der Waals surface area (Å²) in [6.45, 7) is 4.76. The summed E-state index contributed by atoms with van der Waals surface area (Å²) in [4.78, 5) is 2.68. The molecule has 1 aliphatic carbocycles. The average Bonchev–Trinajstić information content (AvgIpc) is 3.00. The minimum atomic E-state index is 0.608. The maximum absolute atomic E-state index is 4.17. The summed E-state index contributed by atoms with van der Waals surface area (Å²) in [5.74, 6) is 0.990. The Bertz CT molecular complexity index is 354. The highest BCUT2D eigenvalue weighted by molar-refractivity contribution is 5.18. The Morgan fingerprint density at radius 3 is 2.94 bits per heavy atom. The fraction of sp³-hybridized carbons (Fsp3) is 0.769. The Balaban J connectivity index is 1.76. The van der Waals surface area contributed by atoms with Crippen molar-refractivity contribution < 1.29 is 0 Å². The molecule has 2 heterocycles. The molecule has 3 nitrogen and oxygen atoms in total. The van der Waals surface area contributed by atoms with Crippen molar-refractivity contribution >= 4 is 0 Å². The van der Waals surface area contributed by atoms with Gasteiger partial charge in [0.2, 0.25) is 0 Å². The van der Waals surface area contributed by atoms with E-state index >= 15 is 0 Å². The second-order valence-electron chi connectivity index (χ2n) is 5.42. The summed E-state index contributed by atoms with van der Waals surface area (Å²) >= 11 is 0. The zero-order valence-corrected chi connectivity index (χ0v) is 10.1. The van der Waals surface area contributed by atoms with E-state index in [4.69, 9.17) is 0 Å². The Hall–Kier alpha value is -0.830. The lowest BCUT2D eigenvalue weighted by atomic mass is 9.97. The molecule has 0 amide bonds. The first-order valence-electron chi connectivity index (χ1n) is 6.58. The molecule has 1 aromatic rings.